The molecule has 0 atom stereocenters. The molecule has 0 radical (unpaired) electrons. The lowest BCUT2D eigenvalue weighted by Gasteiger charge is -2.11. The van der Waals surface area contributed by atoms with Crippen molar-refractivity contribution in [3.63, 3.8) is 0 Å². The third-order valence-electron chi connectivity index (χ3n) is 11.3. The molecular weight excluding hydrogens is 713 g/mol. The van der Waals surface area contributed by atoms with Crippen LogP contribution in [-0.2, 0) is 0 Å². The number of rotatable bonds is 5. The van der Waals surface area contributed by atoms with Crippen molar-refractivity contribution in [3.05, 3.63) is 194 Å². The molecule has 5 heteroatoms. The predicted molar refractivity (Wildman–Crippen MR) is 240 cm³/mol. The van der Waals surface area contributed by atoms with Crippen molar-refractivity contribution in [1.82, 2.24) is 19.1 Å². The van der Waals surface area contributed by atoms with Gasteiger partial charge in [0.2, 0.25) is 5.95 Å². The van der Waals surface area contributed by atoms with Crippen molar-refractivity contribution in [2.45, 2.75) is 0 Å². The zero-order valence-corrected chi connectivity index (χ0v) is 31.5. The molecule has 0 aliphatic heterocycles. The molecule has 0 amide bonds. The number of thiophene rings is 1. The molecule has 4 heterocycles. The lowest BCUT2D eigenvalue weighted by Crippen LogP contribution is -2.02. The Labute approximate surface area is 332 Å². The number of fused-ring (bicyclic) bond motifs is 9. The zero-order valence-electron chi connectivity index (χ0n) is 30.7. The third-order valence-corrected chi connectivity index (χ3v) is 12.5. The highest BCUT2D eigenvalue weighted by Gasteiger charge is 2.22. The Morgan fingerprint density at radius 2 is 1.11 bits per heavy atom. The topological polar surface area (TPSA) is 35.6 Å². The first-order valence-corrected chi connectivity index (χ1v) is 20.1. The van der Waals surface area contributed by atoms with Gasteiger partial charge in [-0.2, -0.15) is 0 Å². The highest BCUT2D eigenvalue weighted by Crippen LogP contribution is 2.43. The van der Waals surface area contributed by atoms with Crippen molar-refractivity contribution in [2.75, 3.05) is 0 Å². The molecule has 0 unspecified atom stereocenters. The van der Waals surface area contributed by atoms with E-state index in [-0.39, 0.29) is 0 Å². The molecule has 57 heavy (non-hydrogen) atoms. The van der Waals surface area contributed by atoms with Gasteiger partial charge < -0.3 is 4.57 Å². The van der Waals surface area contributed by atoms with Gasteiger partial charge in [-0.05, 0) is 64.5 Å². The second kappa shape index (κ2) is 12.6. The first-order chi connectivity index (χ1) is 28.3. The van der Waals surface area contributed by atoms with Gasteiger partial charge >= 0.3 is 0 Å². The summed E-state index contributed by atoms with van der Waals surface area (Å²) in [6.45, 7) is 0. The van der Waals surface area contributed by atoms with E-state index in [9.17, 15) is 0 Å². The van der Waals surface area contributed by atoms with Crippen molar-refractivity contribution in [1.29, 1.82) is 0 Å². The largest absolute Gasteiger partial charge is 0.309 e. The monoisotopic (exact) mass is 744 g/mol. The van der Waals surface area contributed by atoms with Crippen LogP contribution in [0.15, 0.2) is 194 Å². The molecule has 4 aromatic heterocycles. The van der Waals surface area contributed by atoms with Gasteiger partial charge in [0, 0.05) is 43.1 Å². The molecule has 0 spiro atoms. The second-order valence-corrected chi connectivity index (χ2v) is 15.6. The quantitative estimate of drug-likeness (QED) is 0.176. The van der Waals surface area contributed by atoms with Gasteiger partial charge in [-0.3, -0.25) is 4.57 Å². The van der Waals surface area contributed by atoms with Gasteiger partial charge in [-0.15, -0.1) is 11.3 Å². The fourth-order valence-corrected chi connectivity index (χ4v) is 9.94. The number of nitrogens with zero attached hydrogens (tertiary/aromatic N) is 4. The number of aromatic nitrogens is 4. The van der Waals surface area contributed by atoms with Crippen LogP contribution in [0, 0.1) is 0 Å². The van der Waals surface area contributed by atoms with Crippen molar-refractivity contribution in [2.24, 2.45) is 0 Å². The number of benzene rings is 8. The van der Waals surface area contributed by atoms with Crippen LogP contribution < -0.4 is 0 Å². The minimum atomic E-state index is 0.662. The van der Waals surface area contributed by atoms with Gasteiger partial charge in [0.25, 0.3) is 0 Å². The summed E-state index contributed by atoms with van der Waals surface area (Å²) < 4.78 is 5.77. The van der Waals surface area contributed by atoms with E-state index in [4.69, 9.17) is 9.97 Å². The van der Waals surface area contributed by atoms with Crippen molar-refractivity contribution in [3.8, 4) is 44.5 Å². The van der Waals surface area contributed by atoms with Crippen LogP contribution in [0.5, 0.6) is 0 Å². The average Bonchev–Trinajstić information content (AvgIpc) is 3.97. The third kappa shape index (κ3) is 4.93. The van der Waals surface area contributed by atoms with E-state index in [1.54, 1.807) is 11.3 Å². The number of hydrogen-bond donors (Lipinski definition) is 0. The van der Waals surface area contributed by atoms with Crippen LogP contribution >= 0.6 is 11.3 Å². The lowest BCUT2D eigenvalue weighted by atomic mass is 9.97. The summed E-state index contributed by atoms with van der Waals surface area (Å²) in [6.07, 6.45) is 0. The fourth-order valence-electron chi connectivity index (χ4n) is 8.82. The summed E-state index contributed by atoms with van der Waals surface area (Å²) in [5, 5.41) is 7.30. The molecule has 12 aromatic rings. The van der Waals surface area contributed by atoms with E-state index in [1.807, 2.05) is 0 Å². The van der Waals surface area contributed by atoms with Crippen LogP contribution in [0.3, 0.4) is 0 Å². The van der Waals surface area contributed by atoms with Crippen LogP contribution in [-0.4, -0.2) is 19.1 Å². The minimum absolute atomic E-state index is 0.662. The molecule has 4 nitrogen and oxygen atoms in total. The highest BCUT2D eigenvalue weighted by atomic mass is 32.1. The van der Waals surface area contributed by atoms with E-state index >= 15 is 0 Å². The smallest absolute Gasteiger partial charge is 0.235 e. The first kappa shape index (κ1) is 32.0. The summed E-state index contributed by atoms with van der Waals surface area (Å²) >= 11 is 1.75. The molecule has 0 aliphatic carbocycles. The molecule has 0 aliphatic rings. The van der Waals surface area contributed by atoms with E-state index in [1.165, 1.54) is 64.9 Å². The standard InChI is InChI=1S/C52H32N4S/c1-4-16-34(17-5-1)47-32-43-51(57-47)49(35-18-6-2-7-19-35)54-52(53-43)56-44-25-13-12-23-41(44)48-38(24-14-26-46(48)56)36-28-30-45-42(31-36)40-29-27-33-15-10-11-22-39(33)50(40)55(45)37-20-8-3-9-21-37/h1-32H. The summed E-state index contributed by atoms with van der Waals surface area (Å²) in [4.78, 5) is 11.9. The van der Waals surface area contributed by atoms with E-state index in [0.717, 1.165) is 38.2 Å². The van der Waals surface area contributed by atoms with Crippen LogP contribution in [0.4, 0.5) is 0 Å². The lowest BCUT2D eigenvalue weighted by molar-refractivity contribution is 1.02. The predicted octanol–water partition coefficient (Wildman–Crippen LogP) is 14.0. The van der Waals surface area contributed by atoms with E-state index in [2.05, 4.69) is 203 Å². The van der Waals surface area contributed by atoms with Gasteiger partial charge in [-0.25, -0.2) is 9.97 Å². The summed E-state index contributed by atoms with van der Waals surface area (Å²) in [5.74, 6) is 0.662. The normalized spacial score (nSPS) is 11.9. The molecular formula is C52H32N4S. The van der Waals surface area contributed by atoms with E-state index in [0.29, 0.717) is 5.95 Å². The Kier molecular flexibility index (Phi) is 7.06. The highest BCUT2D eigenvalue weighted by molar-refractivity contribution is 7.22. The molecule has 0 bridgehead atoms. The molecule has 8 aromatic carbocycles. The van der Waals surface area contributed by atoms with Gasteiger partial charge in [0.05, 0.1) is 38.0 Å². The molecule has 0 N–H and O–H groups in total. The van der Waals surface area contributed by atoms with Crippen molar-refractivity contribution < 1.29 is 0 Å². The van der Waals surface area contributed by atoms with E-state index < -0.39 is 0 Å². The van der Waals surface area contributed by atoms with Crippen LogP contribution in [0.25, 0.3) is 109 Å². The maximum absolute atomic E-state index is 5.41. The second-order valence-electron chi connectivity index (χ2n) is 14.6. The van der Waals surface area contributed by atoms with Gasteiger partial charge in [0.1, 0.15) is 0 Å². The maximum Gasteiger partial charge on any atom is 0.235 e. The SMILES string of the molecule is c1ccc(-c2cc3nc(-n4c5ccccc5c5c(-c6ccc7c(c6)c6ccc8ccccc8c6n7-c6ccccc6)cccc54)nc(-c4ccccc4)c3s2)cc1. The minimum Gasteiger partial charge on any atom is -0.309 e. The molecule has 12 rings (SSSR count). The Balaban J connectivity index is 1.11. The summed E-state index contributed by atoms with van der Waals surface area (Å²) in [6, 6.07) is 69.6. The fraction of sp³-hybridized carbons (Fsp3) is 0. The van der Waals surface area contributed by atoms with Gasteiger partial charge in [-0.1, -0.05) is 152 Å². The Morgan fingerprint density at radius 3 is 1.93 bits per heavy atom. The number of hydrogen-bond acceptors (Lipinski definition) is 3. The van der Waals surface area contributed by atoms with Crippen LogP contribution in [0.2, 0.25) is 0 Å². The zero-order chi connectivity index (χ0) is 37.5. The summed E-state index contributed by atoms with van der Waals surface area (Å²) in [7, 11) is 0. The first-order valence-electron chi connectivity index (χ1n) is 19.3. The van der Waals surface area contributed by atoms with Crippen LogP contribution in [0.1, 0.15) is 0 Å². The van der Waals surface area contributed by atoms with Crippen molar-refractivity contribution >= 4 is 75.9 Å². The molecule has 266 valence electrons. The molecule has 0 saturated carbocycles. The molecule has 0 fully saturated rings. The Morgan fingerprint density at radius 1 is 0.421 bits per heavy atom. The summed E-state index contributed by atoms with van der Waals surface area (Å²) in [5.41, 5.74) is 12.2. The van der Waals surface area contributed by atoms with Gasteiger partial charge in [0.15, 0.2) is 0 Å². The molecule has 0 saturated heterocycles. The Bertz CT molecular complexity index is 3510. The average molecular weight is 745 g/mol. The maximum atomic E-state index is 5.41. The number of para-hydroxylation sites is 2. The Hall–Kier alpha value is -7.34.